The van der Waals surface area contributed by atoms with E-state index in [2.05, 4.69) is 27.5 Å². The third-order valence-corrected chi connectivity index (χ3v) is 17.0. The second-order valence-electron chi connectivity index (χ2n) is 20.0. The number of carbonyl (C=O) groups excluding carboxylic acids is 3. The Bertz CT molecular complexity index is 3150. The number of unbranched alkanes of at least 4 members (excludes halogenated alkanes) is 2. The van der Waals surface area contributed by atoms with Gasteiger partial charge < -0.3 is 33.9 Å². The number of nitrogens with zero attached hydrogens (tertiary/aromatic N) is 3. The molecule has 1 fully saturated rings. The van der Waals surface area contributed by atoms with Gasteiger partial charge in [-0.05, 0) is 156 Å². The molecule has 3 heterocycles. The van der Waals surface area contributed by atoms with Crippen molar-refractivity contribution in [1.29, 1.82) is 0 Å². The lowest BCUT2D eigenvalue weighted by atomic mass is 9.76. The van der Waals surface area contributed by atoms with Crippen LogP contribution in [0.2, 0.25) is 0 Å². The molecule has 7 rings (SSSR count). The molecule has 2 atom stereocenters. The van der Waals surface area contributed by atoms with Crippen LogP contribution in [-0.4, -0.2) is 113 Å². The van der Waals surface area contributed by atoms with Gasteiger partial charge in [-0.3, -0.25) is 23.7 Å². The molecular weight excluding hydrogens is 1070 g/mol. The maximum absolute atomic E-state index is 12.8. The van der Waals surface area contributed by atoms with E-state index >= 15 is 0 Å². The number of hydroxylamine groups is 2. The van der Waals surface area contributed by atoms with Crippen LogP contribution in [-0.2, 0) is 73.9 Å². The van der Waals surface area contributed by atoms with Crippen LogP contribution >= 0.6 is 12.0 Å². The zero-order valence-corrected chi connectivity index (χ0v) is 47.3. The number of aryl methyl sites for hydroxylation is 2. The highest BCUT2D eigenvalue weighted by Gasteiger charge is 2.49. The molecule has 20 nitrogen and oxygen atoms in total. The number of benzene rings is 3. The molecule has 3 aromatic carbocycles. The first-order valence-corrected chi connectivity index (χ1v) is 29.2. The Kier molecular flexibility index (Phi) is 19.8. The van der Waals surface area contributed by atoms with Crippen LogP contribution in [0.15, 0.2) is 110 Å². The molecule has 2 amide bonds. The third-order valence-electron chi connectivity index (χ3n) is 14.7. The summed E-state index contributed by atoms with van der Waals surface area (Å²) in [5.41, 5.74) is 6.76. The molecule has 2 N–H and O–H groups in total. The molecule has 23 heteroatoms. The fourth-order valence-electron chi connectivity index (χ4n) is 10.8. The Morgan fingerprint density at radius 2 is 1.45 bits per heavy atom. The summed E-state index contributed by atoms with van der Waals surface area (Å²) >= 11 is 0.816. The molecule has 0 bridgehead atoms. The van der Waals surface area contributed by atoms with Crippen LogP contribution in [0.5, 0.6) is 5.75 Å². The van der Waals surface area contributed by atoms with Gasteiger partial charge in [0.2, 0.25) is 5.69 Å². The molecule has 4 aliphatic rings. The zero-order valence-electron chi connectivity index (χ0n) is 44.8. The summed E-state index contributed by atoms with van der Waals surface area (Å²) in [6.07, 6.45) is 12.3. The number of rotatable bonds is 26. The number of hydrogen-bond donors (Lipinski definition) is 2. The average molecular weight is 1140 g/mol. The van der Waals surface area contributed by atoms with Crippen LogP contribution in [0.1, 0.15) is 107 Å². The number of anilines is 1. The molecule has 2 unspecified atom stereocenters. The van der Waals surface area contributed by atoms with E-state index in [1.54, 1.807) is 28.3 Å². The van der Waals surface area contributed by atoms with Crippen molar-refractivity contribution in [3.63, 3.8) is 0 Å². The monoisotopic (exact) mass is 1140 g/mol. The van der Waals surface area contributed by atoms with E-state index in [1.165, 1.54) is 36.4 Å². The van der Waals surface area contributed by atoms with Crippen molar-refractivity contribution in [1.82, 2.24) is 5.06 Å². The number of imide groups is 1. The average Bonchev–Trinajstić information content (AvgIpc) is 3.96. The Morgan fingerprint density at radius 3 is 2.09 bits per heavy atom. The van der Waals surface area contributed by atoms with E-state index in [9.17, 15) is 45.6 Å². The quantitative estimate of drug-likeness (QED) is 0.0147. The van der Waals surface area contributed by atoms with Gasteiger partial charge in [-0.2, -0.15) is 25.7 Å². The summed E-state index contributed by atoms with van der Waals surface area (Å²) in [7, 11) is -4.27. The summed E-state index contributed by atoms with van der Waals surface area (Å²) in [6, 6.07) is 12.3. The highest BCUT2D eigenvalue weighted by Crippen LogP contribution is 2.53. The molecule has 0 spiro atoms. The van der Waals surface area contributed by atoms with Gasteiger partial charge in [0.25, 0.3) is 32.1 Å². The smallest absolute Gasteiger partial charge is 0.333 e. The van der Waals surface area contributed by atoms with Gasteiger partial charge in [0.1, 0.15) is 18.1 Å². The summed E-state index contributed by atoms with van der Waals surface area (Å²) in [6.45, 7) is 9.94. The first kappa shape index (κ1) is 60.1. The number of allylic oxidation sites excluding steroid dienone is 7. The van der Waals surface area contributed by atoms with Gasteiger partial charge in [0, 0.05) is 106 Å². The molecule has 1 aliphatic carbocycles. The number of ether oxygens (including phenoxy) is 4. The second-order valence-corrected chi connectivity index (χ2v) is 23.6. The van der Waals surface area contributed by atoms with Gasteiger partial charge in [-0.25, -0.2) is 4.79 Å². The fraction of sp³-hybridized carbons (Fsp3) is 0.455. The maximum atomic E-state index is 12.8. The standard InChI is InChI=1S/C55H67N3O17S3/c1-36-32-41(76-75-74-62)34-44-51(36)57(28-31-71-7)47(54(44,3)25-29-69-5)22-16-39-13-11-12-38(53(39)72-40-17-19-42(20-18-40)77(63,64)65)15-21-46-55(4,26-30-70-6)45-35-43(78(66,67)68)33-37(2)52(45)56(46)27-10-8-9-14-50(61)73-58-48(59)23-24-49(58)60/h15-22,32-35H,8-14,23-31H2,1-7H3,(H2-,62,63,64,65,66,67,68). The lowest BCUT2D eigenvalue weighted by Gasteiger charge is -2.30. The van der Waals surface area contributed by atoms with Crippen LogP contribution in [0.25, 0.3) is 0 Å². The third kappa shape index (κ3) is 13.4. The van der Waals surface area contributed by atoms with E-state index < -0.39 is 48.8 Å². The van der Waals surface area contributed by atoms with Crippen molar-refractivity contribution >= 4 is 67.1 Å². The fourth-order valence-corrected chi connectivity index (χ4v) is 12.3. The predicted octanol–water partition coefficient (Wildman–Crippen LogP) is 7.93. The molecule has 3 aliphatic heterocycles. The van der Waals surface area contributed by atoms with E-state index in [-0.39, 0.29) is 35.7 Å². The summed E-state index contributed by atoms with van der Waals surface area (Å²) in [5, 5.41) is 15.1. The molecule has 3 aromatic rings. The molecule has 422 valence electrons. The van der Waals surface area contributed by atoms with Crippen LogP contribution in [0.4, 0.5) is 11.4 Å². The molecule has 0 saturated carbocycles. The number of carbonyl (C=O) groups is 3. The Morgan fingerprint density at radius 1 is 0.782 bits per heavy atom. The Balaban J connectivity index is 1.35. The van der Waals surface area contributed by atoms with Gasteiger partial charge >= 0.3 is 5.97 Å². The minimum absolute atomic E-state index is 0.0132. The normalized spacial score (nSPS) is 20.8. The van der Waals surface area contributed by atoms with Crippen LogP contribution < -0.4 is 14.9 Å². The number of fused-ring (bicyclic) bond motifs is 2. The first-order chi connectivity index (χ1) is 37.1. The van der Waals surface area contributed by atoms with Gasteiger partial charge in [0.15, 0.2) is 5.71 Å². The van der Waals surface area contributed by atoms with Crippen molar-refractivity contribution in [2.24, 2.45) is 0 Å². The van der Waals surface area contributed by atoms with Crippen LogP contribution in [0, 0.1) is 13.8 Å². The van der Waals surface area contributed by atoms with Crippen molar-refractivity contribution < 1.29 is 83.3 Å². The molecule has 78 heavy (non-hydrogen) atoms. The minimum atomic E-state index is -4.62. The molecular formula is C55H67N3O17S3. The van der Waals surface area contributed by atoms with Gasteiger partial charge in [-0.15, -0.1) is 5.06 Å². The highest BCUT2D eigenvalue weighted by atomic mass is 32.2. The Labute approximate surface area is 459 Å². The van der Waals surface area contributed by atoms with Crippen molar-refractivity contribution in [2.45, 2.75) is 124 Å². The molecule has 0 radical (unpaired) electrons. The SMILES string of the molecule is COCCN1C(=CC=C2CCCC(C=CC3=[N+](CCCCCC(=O)ON4C(=O)CCC4=O)c4c(C)cc(S(=O)(=O)O)cc4C3(C)CCOC)=C2Oc2ccc(S(=O)(=O)O)cc2)C(C)(CCOC)c2cc(SOO[O-])cc(C)c21. The van der Waals surface area contributed by atoms with Crippen LogP contribution in [0.3, 0.4) is 0 Å². The van der Waals surface area contributed by atoms with Gasteiger partial charge in [-0.1, -0.05) is 6.08 Å². The first-order valence-electron chi connectivity index (χ1n) is 25.5. The Hall–Kier alpha value is -5.57. The summed E-state index contributed by atoms with van der Waals surface area (Å²) in [4.78, 5) is 44.2. The van der Waals surface area contributed by atoms with E-state index in [0.717, 1.165) is 57.1 Å². The maximum Gasteiger partial charge on any atom is 0.333 e. The lowest BCUT2D eigenvalue weighted by molar-refractivity contribution is -0.777. The van der Waals surface area contributed by atoms with E-state index in [0.29, 0.717) is 110 Å². The number of hydrogen-bond acceptors (Lipinski definition) is 17. The van der Waals surface area contributed by atoms with Gasteiger partial charge in [0.05, 0.1) is 33.9 Å². The van der Waals surface area contributed by atoms with E-state index in [1.807, 2.05) is 44.2 Å². The number of methoxy groups -OCH3 is 3. The minimum Gasteiger partial charge on any atom is -0.691 e. The second kappa shape index (κ2) is 25.7. The lowest BCUT2D eigenvalue weighted by Crippen LogP contribution is -2.33. The highest BCUT2D eigenvalue weighted by molar-refractivity contribution is 7.94. The largest absolute Gasteiger partial charge is 0.691 e. The molecule has 0 aromatic heterocycles. The van der Waals surface area contributed by atoms with Crippen molar-refractivity contribution in [2.75, 3.05) is 59.1 Å². The van der Waals surface area contributed by atoms with Crippen molar-refractivity contribution in [3.8, 4) is 5.75 Å². The topological polar surface area (TPSA) is 257 Å². The van der Waals surface area contributed by atoms with E-state index in [4.69, 9.17) is 28.1 Å². The summed E-state index contributed by atoms with van der Waals surface area (Å²) in [5.74, 6) is -1.01. The number of amides is 2. The predicted molar refractivity (Wildman–Crippen MR) is 286 cm³/mol. The molecule has 1 saturated heterocycles. The summed E-state index contributed by atoms with van der Waals surface area (Å²) < 4.78 is 100. The zero-order chi connectivity index (χ0) is 56.6. The van der Waals surface area contributed by atoms with Crippen molar-refractivity contribution in [3.05, 3.63) is 118 Å².